The molecule has 8 heteroatoms. The van der Waals surface area contributed by atoms with Crippen molar-refractivity contribution < 1.29 is 13.3 Å². The lowest BCUT2D eigenvalue weighted by Gasteiger charge is -2.06. The molecule has 1 aliphatic rings. The molecular weight excluding hydrogens is 313 g/mol. The molecule has 1 atom stereocenters. The zero-order chi connectivity index (χ0) is 16.5. The van der Waals surface area contributed by atoms with Crippen LogP contribution in [0.1, 0.15) is 49.4 Å². The second-order valence-corrected chi connectivity index (χ2v) is 5.88. The summed E-state index contributed by atoms with van der Waals surface area (Å²) in [6.45, 7) is 2.31. The van der Waals surface area contributed by atoms with Gasteiger partial charge in [0.15, 0.2) is 0 Å². The third-order valence-electron chi connectivity index (χ3n) is 3.86. The first-order valence-corrected chi connectivity index (χ1v) is 7.84. The van der Waals surface area contributed by atoms with Crippen LogP contribution in [0.2, 0.25) is 0 Å². The molecule has 4 rings (SSSR count). The van der Waals surface area contributed by atoms with Gasteiger partial charge in [-0.1, -0.05) is 17.3 Å². The van der Waals surface area contributed by atoms with E-state index in [0.29, 0.717) is 41.5 Å². The van der Waals surface area contributed by atoms with Crippen molar-refractivity contribution in [3.8, 4) is 11.4 Å². The second-order valence-electron chi connectivity index (χ2n) is 5.88. The normalized spacial score (nSPS) is 15.6. The van der Waals surface area contributed by atoms with E-state index in [1.54, 1.807) is 12.1 Å². The molecule has 0 saturated heterocycles. The molecule has 3 aromatic rings. The van der Waals surface area contributed by atoms with Crippen LogP contribution in [0.5, 0.6) is 0 Å². The van der Waals surface area contributed by atoms with Gasteiger partial charge in [-0.25, -0.2) is 4.39 Å². The van der Waals surface area contributed by atoms with Gasteiger partial charge in [-0.15, -0.1) is 10.2 Å². The van der Waals surface area contributed by atoms with Gasteiger partial charge in [0.1, 0.15) is 5.82 Å². The first kappa shape index (κ1) is 14.9. The molecular formula is C16H16FN5O2. The van der Waals surface area contributed by atoms with E-state index in [0.717, 1.165) is 12.8 Å². The quantitative estimate of drug-likeness (QED) is 0.743. The smallest absolute Gasteiger partial charge is 0.243 e. The van der Waals surface area contributed by atoms with Gasteiger partial charge in [-0.3, -0.25) is 5.32 Å². The molecule has 0 bridgehead atoms. The molecule has 0 unspecified atom stereocenters. The summed E-state index contributed by atoms with van der Waals surface area (Å²) < 4.78 is 24.1. The topological polar surface area (TPSA) is 89.9 Å². The molecule has 0 radical (unpaired) electrons. The fourth-order valence-corrected chi connectivity index (χ4v) is 2.32. The lowest BCUT2D eigenvalue weighted by atomic mass is 10.2. The summed E-state index contributed by atoms with van der Waals surface area (Å²) in [4.78, 5) is 4.30. The molecule has 1 aliphatic carbocycles. The highest BCUT2D eigenvalue weighted by Gasteiger charge is 2.29. The Hall–Kier alpha value is -2.61. The van der Waals surface area contributed by atoms with Crippen LogP contribution < -0.4 is 5.32 Å². The SMILES string of the molecule is C[C@H](NCc1nnc(C2CC2)o1)c1nc(-c2cccc(F)c2)no1. The number of nitrogens with one attached hydrogen (secondary N) is 1. The second kappa shape index (κ2) is 6.12. The van der Waals surface area contributed by atoms with E-state index in [-0.39, 0.29) is 11.9 Å². The number of hydrogen-bond donors (Lipinski definition) is 1. The summed E-state index contributed by atoms with van der Waals surface area (Å²) >= 11 is 0. The lowest BCUT2D eigenvalue weighted by molar-refractivity contribution is 0.330. The molecule has 1 fully saturated rings. The van der Waals surface area contributed by atoms with E-state index in [1.807, 2.05) is 6.92 Å². The molecule has 124 valence electrons. The molecule has 0 aliphatic heterocycles. The standard InChI is InChI=1S/C16H16FN5O2/c1-9(18-8-13-20-21-16(23-13)10-5-6-10)15-19-14(22-24-15)11-3-2-4-12(17)7-11/h2-4,7,9-10,18H,5-6,8H2,1H3/t9-/m0/s1. The average Bonchev–Trinajstić information content (AvgIpc) is 3.13. The van der Waals surface area contributed by atoms with Crippen LogP contribution in [-0.2, 0) is 6.54 Å². The fraction of sp³-hybridized carbons (Fsp3) is 0.375. The minimum atomic E-state index is -0.340. The Morgan fingerprint density at radius 1 is 1.33 bits per heavy atom. The number of aromatic nitrogens is 4. The Kier molecular flexibility index (Phi) is 3.81. The molecule has 2 aromatic heterocycles. The Bertz CT molecular complexity index is 842. The monoisotopic (exact) mass is 329 g/mol. The summed E-state index contributed by atoms with van der Waals surface area (Å²) in [6, 6.07) is 5.87. The van der Waals surface area contributed by atoms with Crippen LogP contribution in [0.3, 0.4) is 0 Å². The molecule has 0 amide bonds. The first-order valence-electron chi connectivity index (χ1n) is 7.84. The van der Waals surface area contributed by atoms with Crippen molar-refractivity contribution in [3.63, 3.8) is 0 Å². The molecule has 1 N–H and O–H groups in total. The molecule has 2 heterocycles. The van der Waals surface area contributed by atoms with E-state index in [9.17, 15) is 4.39 Å². The zero-order valence-electron chi connectivity index (χ0n) is 13.1. The number of hydrogen-bond acceptors (Lipinski definition) is 7. The zero-order valence-corrected chi connectivity index (χ0v) is 13.1. The van der Waals surface area contributed by atoms with Crippen molar-refractivity contribution in [2.45, 2.75) is 38.3 Å². The van der Waals surface area contributed by atoms with E-state index < -0.39 is 0 Å². The molecule has 0 spiro atoms. The number of benzene rings is 1. The van der Waals surface area contributed by atoms with E-state index in [2.05, 4.69) is 25.7 Å². The van der Waals surface area contributed by atoms with Crippen molar-refractivity contribution in [1.29, 1.82) is 0 Å². The predicted molar refractivity (Wildman–Crippen MR) is 81.2 cm³/mol. The van der Waals surface area contributed by atoms with Crippen molar-refractivity contribution >= 4 is 0 Å². The van der Waals surface area contributed by atoms with Crippen LogP contribution in [0.25, 0.3) is 11.4 Å². The van der Waals surface area contributed by atoms with Gasteiger partial charge in [0.05, 0.1) is 12.6 Å². The summed E-state index contributed by atoms with van der Waals surface area (Å²) in [5.41, 5.74) is 0.572. The summed E-state index contributed by atoms with van der Waals surface area (Å²) in [5, 5.41) is 15.1. The van der Waals surface area contributed by atoms with Crippen LogP contribution in [0, 0.1) is 5.82 Å². The molecule has 24 heavy (non-hydrogen) atoms. The molecule has 1 saturated carbocycles. The van der Waals surface area contributed by atoms with E-state index in [4.69, 9.17) is 8.94 Å². The summed E-state index contributed by atoms with van der Waals surface area (Å²) in [5.74, 6) is 2.11. The van der Waals surface area contributed by atoms with Crippen LogP contribution in [0.4, 0.5) is 4.39 Å². The highest BCUT2D eigenvalue weighted by molar-refractivity contribution is 5.53. The Balaban J connectivity index is 1.40. The third kappa shape index (κ3) is 3.18. The van der Waals surface area contributed by atoms with Gasteiger partial charge in [0.25, 0.3) is 0 Å². The maximum Gasteiger partial charge on any atom is 0.243 e. The Morgan fingerprint density at radius 3 is 3.00 bits per heavy atom. The van der Waals surface area contributed by atoms with Gasteiger partial charge in [-0.05, 0) is 31.9 Å². The minimum Gasteiger partial charge on any atom is -0.424 e. The summed E-state index contributed by atoms with van der Waals surface area (Å²) in [7, 11) is 0. The largest absolute Gasteiger partial charge is 0.424 e. The Morgan fingerprint density at radius 2 is 2.21 bits per heavy atom. The molecule has 7 nitrogen and oxygen atoms in total. The first-order chi connectivity index (χ1) is 11.7. The van der Waals surface area contributed by atoms with Gasteiger partial charge in [0.2, 0.25) is 23.5 Å². The van der Waals surface area contributed by atoms with Crippen LogP contribution >= 0.6 is 0 Å². The molecule has 1 aromatic carbocycles. The van der Waals surface area contributed by atoms with Crippen molar-refractivity contribution in [1.82, 2.24) is 25.7 Å². The van der Waals surface area contributed by atoms with E-state index >= 15 is 0 Å². The highest BCUT2D eigenvalue weighted by Crippen LogP contribution is 2.39. The number of nitrogens with zero attached hydrogens (tertiary/aromatic N) is 4. The highest BCUT2D eigenvalue weighted by atomic mass is 19.1. The number of rotatable bonds is 6. The maximum absolute atomic E-state index is 13.3. The minimum absolute atomic E-state index is 0.198. The van der Waals surface area contributed by atoms with Gasteiger partial charge in [-0.2, -0.15) is 4.98 Å². The fourth-order valence-electron chi connectivity index (χ4n) is 2.32. The number of halogens is 1. The van der Waals surface area contributed by atoms with Crippen molar-refractivity contribution in [2.75, 3.05) is 0 Å². The van der Waals surface area contributed by atoms with Gasteiger partial charge in [0, 0.05) is 11.5 Å². The predicted octanol–water partition coefficient (Wildman–Crippen LogP) is 2.99. The van der Waals surface area contributed by atoms with Gasteiger partial charge < -0.3 is 8.94 Å². The van der Waals surface area contributed by atoms with Gasteiger partial charge >= 0.3 is 0 Å². The maximum atomic E-state index is 13.3. The van der Waals surface area contributed by atoms with Crippen molar-refractivity contribution in [3.05, 3.63) is 47.8 Å². The summed E-state index contributed by atoms with van der Waals surface area (Å²) in [6.07, 6.45) is 2.24. The van der Waals surface area contributed by atoms with E-state index in [1.165, 1.54) is 12.1 Å². The van der Waals surface area contributed by atoms with Crippen molar-refractivity contribution in [2.24, 2.45) is 0 Å². The average molecular weight is 329 g/mol. The Labute approximate surface area is 137 Å². The van der Waals surface area contributed by atoms with Crippen LogP contribution in [-0.4, -0.2) is 20.3 Å². The lowest BCUT2D eigenvalue weighted by Crippen LogP contribution is -2.18. The van der Waals surface area contributed by atoms with Crippen LogP contribution in [0.15, 0.2) is 33.2 Å². The third-order valence-corrected chi connectivity index (χ3v) is 3.86.